The van der Waals surface area contributed by atoms with Crippen molar-refractivity contribution in [2.75, 3.05) is 7.05 Å². The number of hydrogen-bond acceptors (Lipinski definition) is 4. The minimum Gasteiger partial charge on any atom is -0.456 e. The topological polar surface area (TPSA) is 63.7 Å². The number of sulfonamides is 1. The molecule has 2 aromatic rings. The first-order valence-corrected chi connectivity index (χ1v) is 9.74. The van der Waals surface area contributed by atoms with Gasteiger partial charge in [-0.05, 0) is 36.3 Å². The molecule has 3 rings (SSSR count). The van der Waals surface area contributed by atoms with Crippen molar-refractivity contribution >= 4 is 22.1 Å². The molecule has 0 aliphatic heterocycles. The van der Waals surface area contributed by atoms with Crippen LogP contribution in [0.1, 0.15) is 29.7 Å². The van der Waals surface area contributed by atoms with Crippen molar-refractivity contribution in [2.24, 2.45) is 0 Å². The van der Waals surface area contributed by atoms with E-state index in [4.69, 9.17) is 4.74 Å². The van der Waals surface area contributed by atoms with E-state index in [1.807, 2.05) is 37.3 Å². The van der Waals surface area contributed by atoms with Crippen molar-refractivity contribution in [2.45, 2.75) is 30.9 Å². The number of aryl methyl sites for hydroxylation is 1. The molecule has 1 aliphatic carbocycles. The highest BCUT2D eigenvalue weighted by Gasteiger charge is 2.37. The number of likely N-dealkylation sites (N-methyl/N-ethyl adjacent to an activating group) is 1. The van der Waals surface area contributed by atoms with Crippen LogP contribution in [0, 0.1) is 6.92 Å². The number of carbonyl (C=O) groups excluding carboxylic acids is 1. The van der Waals surface area contributed by atoms with Gasteiger partial charge in [0.1, 0.15) is 6.10 Å². The lowest BCUT2D eigenvalue weighted by molar-refractivity contribution is -0.146. The summed E-state index contributed by atoms with van der Waals surface area (Å²) in [6, 6.07) is 13.6. The second kappa shape index (κ2) is 7.05. The molecule has 136 valence electrons. The summed E-state index contributed by atoms with van der Waals surface area (Å²) in [6.07, 6.45) is 2.90. The summed E-state index contributed by atoms with van der Waals surface area (Å²) in [4.78, 5) is 11.7. The number of benzene rings is 2. The van der Waals surface area contributed by atoms with Crippen LogP contribution in [0.3, 0.4) is 0 Å². The minimum atomic E-state index is -3.76. The van der Waals surface area contributed by atoms with Crippen molar-refractivity contribution in [1.82, 2.24) is 4.31 Å². The van der Waals surface area contributed by atoms with E-state index in [9.17, 15) is 13.2 Å². The molecule has 0 saturated heterocycles. The first-order chi connectivity index (χ1) is 12.3. The number of esters is 1. The zero-order valence-corrected chi connectivity index (χ0v) is 15.7. The van der Waals surface area contributed by atoms with Gasteiger partial charge in [0.2, 0.25) is 10.0 Å². The van der Waals surface area contributed by atoms with E-state index in [-0.39, 0.29) is 4.90 Å². The third-order valence-corrected chi connectivity index (χ3v) is 6.34. The van der Waals surface area contributed by atoms with Crippen molar-refractivity contribution in [1.29, 1.82) is 0 Å². The molecule has 0 aromatic heterocycles. The zero-order chi connectivity index (χ0) is 18.9. The van der Waals surface area contributed by atoms with Crippen LogP contribution in [0.25, 0.3) is 6.08 Å². The molecular formula is C20H21NO4S. The summed E-state index contributed by atoms with van der Waals surface area (Å²) in [7, 11) is -2.24. The van der Waals surface area contributed by atoms with Gasteiger partial charge >= 0.3 is 5.97 Å². The number of hydrogen-bond donors (Lipinski definition) is 0. The Kier molecular flexibility index (Phi) is 4.98. The molecule has 26 heavy (non-hydrogen) atoms. The molecule has 0 saturated carbocycles. The molecule has 6 heteroatoms. The van der Waals surface area contributed by atoms with Crippen LogP contribution in [0.2, 0.25) is 0 Å². The molecule has 0 spiro atoms. The number of rotatable bonds is 4. The van der Waals surface area contributed by atoms with Gasteiger partial charge in [0.25, 0.3) is 0 Å². The van der Waals surface area contributed by atoms with Crippen molar-refractivity contribution in [3.05, 3.63) is 71.3 Å². The van der Waals surface area contributed by atoms with Gasteiger partial charge in [0, 0.05) is 14.0 Å². The molecular weight excluding hydrogens is 350 g/mol. The van der Waals surface area contributed by atoms with Crippen molar-refractivity contribution in [3.8, 4) is 0 Å². The Labute approximate surface area is 154 Å². The zero-order valence-electron chi connectivity index (χ0n) is 14.9. The average molecular weight is 371 g/mol. The SMILES string of the molecule is CC(=O)O[C@H]1C=Cc2ccccc2[C@@H]1N(C)S(=O)(=O)c1ccc(C)cc1. The number of fused-ring (bicyclic) bond motifs is 1. The molecule has 0 heterocycles. The van der Waals surface area contributed by atoms with Crippen LogP contribution in [-0.2, 0) is 19.6 Å². The first kappa shape index (κ1) is 18.4. The Hall–Kier alpha value is -2.44. The summed E-state index contributed by atoms with van der Waals surface area (Å²) in [5.74, 6) is -0.454. The monoisotopic (exact) mass is 371 g/mol. The van der Waals surface area contributed by atoms with Crippen molar-refractivity contribution in [3.63, 3.8) is 0 Å². The third-order valence-electron chi connectivity index (χ3n) is 4.48. The predicted molar refractivity (Wildman–Crippen MR) is 99.9 cm³/mol. The van der Waals surface area contributed by atoms with Crippen LogP contribution in [0.15, 0.2) is 59.5 Å². The van der Waals surface area contributed by atoms with Gasteiger partial charge in [-0.15, -0.1) is 0 Å². The smallest absolute Gasteiger partial charge is 0.303 e. The maximum Gasteiger partial charge on any atom is 0.303 e. The lowest BCUT2D eigenvalue weighted by Gasteiger charge is -2.35. The normalized spacial score (nSPS) is 19.2. The fourth-order valence-electron chi connectivity index (χ4n) is 3.14. The summed E-state index contributed by atoms with van der Waals surface area (Å²) >= 11 is 0. The van der Waals surface area contributed by atoms with Gasteiger partial charge in [-0.1, -0.05) is 48.0 Å². The van der Waals surface area contributed by atoms with Crippen LogP contribution in [0.4, 0.5) is 0 Å². The number of carbonyl (C=O) groups is 1. The fourth-order valence-corrected chi connectivity index (χ4v) is 4.48. The lowest BCUT2D eigenvalue weighted by Crippen LogP contribution is -2.40. The van der Waals surface area contributed by atoms with Gasteiger partial charge < -0.3 is 4.74 Å². The molecule has 0 radical (unpaired) electrons. The van der Waals surface area contributed by atoms with Crippen LogP contribution in [0.5, 0.6) is 0 Å². The molecule has 0 unspecified atom stereocenters. The Morgan fingerprint density at radius 2 is 1.73 bits per heavy atom. The number of nitrogens with zero attached hydrogens (tertiary/aromatic N) is 1. The third kappa shape index (κ3) is 3.43. The molecule has 2 aromatic carbocycles. The predicted octanol–water partition coefficient (Wildman–Crippen LogP) is 3.32. The molecule has 0 N–H and O–H groups in total. The largest absolute Gasteiger partial charge is 0.456 e. The first-order valence-electron chi connectivity index (χ1n) is 8.30. The highest BCUT2D eigenvalue weighted by atomic mass is 32.2. The van der Waals surface area contributed by atoms with Gasteiger partial charge in [-0.2, -0.15) is 4.31 Å². The highest BCUT2D eigenvalue weighted by Crippen LogP contribution is 2.36. The second-order valence-electron chi connectivity index (χ2n) is 6.34. The quantitative estimate of drug-likeness (QED) is 0.774. The lowest BCUT2D eigenvalue weighted by atomic mass is 9.91. The number of ether oxygens (including phenoxy) is 1. The Bertz CT molecular complexity index is 948. The summed E-state index contributed by atoms with van der Waals surface area (Å²) in [5.41, 5.74) is 2.70. The van der Waals surface area contributed by atoms with Crippen LogP contribution < -0.4 is 0 Å². The minimum absolute atomic E-state index is 0.208. The van der Waals surface area contributed by atoms with Crippen LogP contribution in [-0.4, -0.2) is 31.8 Å². The molecule has 1 aliphatic rings. The highest BCUT2D eigenvalue weighted by molar-refractivity contribution is 7.89. The van der Waals surface area contributed by atoms with Gasteiger partial charge in [-0.25, -0.2) is 8.42 Å². The fraction of sp³-hybridized carbons (Fsp3) is 0.250. The van der Waals surface area contributed by atoms with Gasteiger partial charge in [-0.3, -0.25) is 4.79 Å². The van der Waals surface area contributed by atoms with E-state index in [0.717, 1.165) is 16.7 Å². The maximum atomic E-state index is 13.1. The molecule has 0 amide bonds. The summed E-state index contributed by atoms with van der Waals surface area (Å²) in [6.45, 7) is 3.22. The van der Waals surface area contributed by atoms with E-state index in [1.54, 1.807) is 30.3 Å². The van der Waals surface area contributed by atoms with Crippen LogP contribution >= 0.6 is 0 Å². The van der Waals surface area contributed by atoms with E-state index in [1.165, 1.54) is 18.3 Å². The van der Waals surface area contributed by atoms with Gasteiger partial charge in [0.05, 0.1) is 10.9 Å². The van der Waals surface area contributed by atoms with E-state index in [2.05, 4.69) is 0 Å². The summed E-state index contributed by atoms with van der Waals surface area (Å²) < 4.78 is 33.0. The molecule has 0 fully saturated rings. The van der Waals surface area contributed by atoms with E-state index < -0.39 is 28.1 Å². The van der Waals surface area contributed by atoms with Crippen molar-refractivity contribution < 1.29 is 17.9 Å². The summed E-state index contributed by atoms with van der Waals surface area (Å²) in [5, 5.41) is 0. The molecule has 0 bridgehead atoms. The standard InChI is InChI=1S/C20H21NO4S/c1-14-8-11-17(12-9-14)26(23,24)21(3)20-18-7-5-4-6-16(18)10-13-19(20)25-15(2)22/h4-13,19-20H,1-3H3/t19-,20-/m0/s1. The maximum absolute atomic E-state index is 13.1. The molecule has 2 atom stereocenters. The Balaban J connectivity index is 2.06. The second-order valence-corrected chi connectivity index (χ2v) is 8.34. The van der Waals surface area contributed by atoms with E-state index >= 15 is 0 Å². The Morgan fingerprint density at radius 3 is 2.38 bits per heavy atom. The van der Waals surface area contributed by atoms with Gasteiger partial charge in [0.15, 0.2) is 0 Å². The molecule has 5 nitrogen and oxygen atoms in total. The Morgan fingerprint density at radius 1 is 1.08 bits per heavy atom. The van der Waals surface area contributed by atoms with E-state index in [0.29, 0.717) is 0 Å². The average Bonchev–Trinajstić information content (AvgIpc) is 2.61.